The van der Waals surface area contributed by atoms with Crippen LogP contribution in [0.3, 0.4) is 0 Å². The molecule has 67 heavy (non-hydrogen) atoms. The molecule has 0 radical (unpaired) electrons. The van der Waals surface area contributed by atoms with Crippen LogP contribution in [0.2, 0.25) is 0 Å². The van der Waals surface area contributed by atoms with Crippen molar-refractivity contribution in [1.82, 2.24) is 47.9 Å². The number of hydrogen-bond donors (Lipinski definition) is 16. The van der Waals surface area contributed by atoms with E-state index in [1.165, 1.54) is 27.9 Å². The molecule has 0 aliphatic heterocycles. The second-order valence-corrected chi connectivity index (χ2v) is 16.7. The standard InChI is InChI=1S/C40H74N16O11/c1-20(2)15-27(33(61)49-18-31(41)59)54-38(66)30(19-67-8)56-32(60)22(5)50-34(62)25(11-9-13-46-39(42)43)52-35(63)26(12-10-14-47-40(44)45)53-36(64)28(16-21(3)4)55-37(65)29(51-24(7)58)17-48-23(6)57/h20-22,25-30H,9-19H2,1-8H3,(H2,41,59)(H,48,57)(H,49,61)(H,50,62)(H,51,58)(H,52,63)(H,53,64)(H,54,66)(H,55,65)(H,56,60)(H4,42,43,46)(H4,44,45,47)/p+2. The molecule has 0 aromatic carbocycles. The zero-order valence-corrected chi connectivity index (χ0v) is 39.9. The van der Waals surface area contributed by atoms with Crippen LogP contribution in [-0.4, -0.2) is 153 Å². The van der Waals surface area contributed by atoms with Crippen molar-refractivity contribution in [3.8, 4) is 0 Å². The third-order valence-corrected chi connectivity index (χ3v) is 9.35. The van der Waals surface area contributed by atoms with Crippen molar-refractivity contribution in [3.63, 3.8) is 0 Å². The molecular formula is C40H76N16O11+2. The fraction of sp³-hybridized carbons (Fsp3) is 0.700. The third kappa shape index (κ3) is 27.3. The Morgan fingerprint density at radius 3 is 1.30 bits per heavy atom. The molecule has 27 heteroatoms. The van der Waals surface area contributed by atoms with Crippen molar-refractivity contribution in [1.29, 1.82) is 0 Å². The van der Waals surface area contributed by atoms with Crippen LogP contribution in [0, 0.1) is 11.8 Å². The number of carbonyl (C=O) groups excluding carboxylic acids is 10. The molecular weight excluding hydrogens is 881 g/mol. The first-order valence-corrected chi connectivity index (χ1v) is 21.9. The second kappa shape index (κ2) is 32.0. The number of carbonyl (C=O) groups is 10. The average molecular weight is 957 g/mol. The average Bonchev–Trinajstić information content (AvgIpc) is 3.21. The molecule has 0 aromatic rings. The number of primary amides is 1. The summed E-state index contributed by atoms with van der Waals surface area (Å²) in [6, 6.07) is -8.89. The Hall–Kier alpha value is -6.80. The maximum Gasteiger partial charge on any atom is 0.338 e. The highest BCUT2D eigenvalue weighted by molar-refractivity contribution is 5.98. The van der Waals surface area contributed by atoms with Gasteiger partial charge in [0.05, 0.1) is 26.2 Å². The van der Waals surface area contributed by atoms with Gasteiger partial charge >= 0.3 is 11.9 Å². The van der Waals surface area contributed by atoms with Crippen LogP contribution in [0.4, 0.5) is 0 Å². The first-order valence-electron chi connectivity index (χ1n) is 21.9. The normalized spacial score (nSPS) is 13.9. The van der Waals surface area contributed by atoms with Crippen molar-refractivity contribution < 1.29 is 62.7 Å². The topological polar surface area (TPSA) is 446 Å². The highest BCUT2D eigenvalue weighted by atomic mass is 16.5. The Morgan fingerprint density at radius 1 is 0.478 bits per heavy atom. The summed E-state index contributed by atoms with van der Waals surface area (Å²) in [4.78, 5) is 135. The summed E-state index contributed by atoms with van der Waals surface area (Å²) in [5.41, 5.74) is 27.2. The quantitative estimate of drug-likeness (QED) is 0.0169. The maximum atomic E-state index is 14.1. The second-order valence-electron chi connectivity index (χ2n) is 16.7. The SMILES string of the molecule is COCC(NC(=O)C(C)NC(=O)C(CCC[NH+]=C(N)N)NC(=O)C(CCC[NH+]=C(N)N)NC(=O)C(CC(C)C)NC(=O)C(CNC(C)=O)NC(C)=O)C(=O)NC(CC(C)C)C(=O)NCC(N)=O. The Balaban J connectivity index is 6.54. The molecule has 7 atom stereocenters. The van der Waals surface area contributed by atoms with E-state index in [9.17, 15) is 47.9 Å². The van der Waals surface area contributed by atoms with Crippen LogP contribution >= 0.6 is 0 Å². The van der Waals surface area contributed by atoms with Gasteiger partial charge < -0.3 is 58.3 Å². The monoisotopic (exact) mass is 957 g/mol. The van der Waals surface area contributed by atoms with Gasteiger partial charge in [-0.2, -0.15) is 0 Å². The summed E-state index contributed by atoms with van der Waals surface area (Å²) in [5.74, 6) is -7.77. The number of nitrogens with two attached hydrogens (primary N) is 5. The summed E-state index contributed by atoms with van der Waals surface area (Å²) < 4.78 is 5.14. The van der Waals surface area contributed by atoms with Gasteiger partial charge in [0.2, 0.25) is 59.1 Å². The Kier molecular flexibility index (Phi) is 28.7. The van der Waals surface area contributed by atoms with Crippen LogP contribution in [0.1, 0.15) is 87.0 Å². The fourth-order valence-corrected chi connectivity index (χ4v) is 6.13. The Labute approximate surface area is 390 Å². The van der Waals surface area contributed by atoms with Gasteiger partial charge in [0.15, 0.2) is 0 Å². The predicted octanol–water partition coefficient (Wildman–Crippen LogP) is -9.84. The molecule has 0 rings (SSSR count). The highest BCUT2D eigenvalue weighted by Gasteiger charge is 2.34. The first-order chi connectivity index (χ1) is 31.3. The Bertz CT molecular complexity index is 1750. The number of ether oxygens (including phenoxy) is 1. The molecule has 0 fully saturated rings. The zero-order valence-electron chi connectivity index (χ0n) is 39.9. The largest absolute Gasteiger partial charge is 0.382 e. The number of guanidine groups is 2. The molecule has 10 amide bonds. The van der Waals surface area contributed by atoms with Gasteiger partial charge in [0, 0.05) is 27.5 Å². The molecule has 0 heterocycles. The molecule has 21 N–H and O–H groups in total. The van der Waals surface area contributed by atoms with Crippen LogP contribution in [-0.2, 0) is 52.7 Å². The number of amides is 10. The predicted molar refractivity (Wildman–Crippen MR) is 243 cm³/mol. The van der Waals surface area contributed by atoms with Gasteiger partial charge in [-0.25, -0.2) is 0 Å². The zero-order chi connectivity index (χ0) is 51.4. The minimum absolute atomic E-state index is 0.0294. The lowest BCUT2D eigenvalue weighted by atomic mass is 10.0. The minimum atomic E-state index is -1.35. The van der Waals surface area contributed by atoms with E-state index >= 15 is 0 Å². The molecule has 0 aliphatic rings. The van der Waals surface area contributed by atoms with E-state index in [0.717, 1.165) is 0 Å². The number of hydrogen-bond acceptors (Lipinski definition) is 11. The van der Waals surface area contributed by atoms with Crippen molar-refractivity contribution in [2.75, 3.05) is 39.9 Å². The van der Waals surface area contributed by atoms with Crippen molar-refractivity contribution in [3.05, 3.63) is 0 Å². The van der Waals surface area contributed by atoms with E-state index in [2.05, 4.69) is 57.8 Å². The lowest BCUT2D eigenvalue weighted by Gasteiger charge is -2.28. The van der Waals surface area contributed by atoms with E-state index in [4.69, 9.17) is 33.4 Å². The summed E-state index contributed by atoms with van der Waals surface area (Å²) in [6.07, 6.45) is 0.624. The molecule has 380 valence electrons. The molecule has 0 bridgehead atoms. The van der Waals surface area contributed by atoms with Crippen LogP contribution < -0.4 is 86.5 Å². The van der Waals surface area contributed by atoms with E-state index in [1.54, 1.807) is 13.8 Å². The van der Waals surface area contributed by atoms with Crippen molar-refractivity contribution >= 4 is 71.0 Å². The summed E-state index contributed by atoms with van der Waals surface area (Å²) >= 11 is 0. The van der Waals surface area contributed by atoms with E-state index in [1.807, 2.05) is 13.8 Å². The number of methoxy groups -OCH3 is 1. The molecule has 27 nitrogen and oxygen atoms in total. The minimum Gasteiger partial charge on any atom is -0.382 e. The summed E-state index contributed by atoms with van der Waals surface area (Å²) in [6.45, 7) is 10.2. The van der Waals surface area contributed by atoms with Gasteiger partial charge in [0.25, 0.3) is 0 Å². The van der Waals surface area contributed by atoms with Gasteiger partial charge in [-0.05, 0) is 57.3 Å². The van der Waals surface area contributed by atoms with Gasteiger partial charge in [0.1, 0.15) is 42.3 Å². The van der Waals surface area contributed by atoms with E-state index in [-0.39, 0.29) is 88.5 Å². The summed E-state index contributed by atoms with van der Waals surface area (Å²) in [7, 11) is 1.28. The molecule has 0 saturated heterocycles. The van der Waals surface area contributed by atoms with Gasteiger partial charge in [-0.1, -0.05) is 27.7 Å². The number of rotatable bonds is 32. The Morgan fingerprint density at radius 2 is 0.881 bits per heavy atom. The highest BCUT2D eigenvalue weighted by Crippen LogP contribution is 2.09. The van der Waals surface area contributed by atoms with Crippen LogP contribution in [0.5, 0.6) is 0 Å². The summed E-state index contributed by atoms with van der Waals surface area (Å²) in [5, 5.41) is 22.7. The smallest absolute Gasteiger partial charge is 0.338 e. The van der Waals surface area contributed by atoms with E-state index < -0.39 is 108 Å². The lowest BCUT2D eigenvalue weighted by molar-refractivity contribution is -0.460. The van der Waals surface area contributed by atoms with Crippen molar-refractivity contribution in [2.45, 2.75) is 129 Å². The maximum absolute atomic E-state index is 14.1. The molecule has 0 aromatic heterocycles. The first kappa shape index (κ1) is 60.2. The molecule has 7 unspecified atom stereocenters. The van der Waals surface area contributed by atoms with Crippen LogP contribution in [0.15, 0.2) is 0 Å². The number of nitrogens with one attached hydrogen (secondary N) is 11. The lowest BCUT2D eigenvalue weighted by Crippen LogP contribution is -2.78. The molecule has 0 saturated carbocycles. The third-order valence-electron chi connectivity index (χ3n) is 9.35. The molecule has 0 aliphatic carbocycles. The van der Waals surface area contributed by atoms with Crippen molar-refractivity contribution in [2.24, 2.45) is 40.5 Å². The van der Waals surface area contributed by atoms with Gasteiger partial charge in [-0.3, -0.25) is 80.9 Å². The van der Waals surface area contributed by atoms with Crippen LogP contribution in [0.25, 0.3) is 0 Å². The van der Waals surface area contributed by atoms with E-state index in [0.29, 0.717) is 0 Å². The fourth-order valence-electron chi connectivity index (χ4n) is 6.13. The molecule has 0 spiro atoms. The van der Waals surface area contributed by atoms with Gasteiger partial charge in [-0.15, -0.1) is 0 Å².